The summed E-state index contributed by atoms with van der Waals surface area (Å²) >= 11 is 0. The van der Waals surface area contributed by atoms with Gasteiger partial charge in [-0.05, 0) is 81.3 Å². The van der Waals surface area contributed by atoms with Gasteiger partial charge in [0.2, 0.25) is 0 Å². The van der Waals surface area contributed by atoms with E-state index in [1.807, 2.05) is 60.7 Å². The minimum Gasteiger partial charge on any atom is -0.362 e. The predicted octanol–water partition coefficient (Wildman–Crippen LogP) is 7.73. The molecule has 4 rings (SSSR count). The van der Waals surface area contributed by atoms with Crippen molar-refractivity contribution in [3.8, 4) is 0 Å². The highest BCUT2D eigenvalue weighted by atomic mass is 19.1. The van der Waals surface area contributed by atoms with Crippen LogP contribution in [0.15, 0.2) is 77.8 Å². The second kappa shape index (κ2) is 8.99. The van der Waals surface area contributed by atoms with Crippen LogP contribution in [0.25, 0.3) is 5.57 Å². The minimum atomic E-state index is -0.249. The van der Waals surface area contributed by atoms with Crippen LogP contribution < -0.4 is 10.2 Å². The summed E-state index contributed by atoms with van der Waals surface area (Å²) < 4.78 is 15.0. The highest BCUT2D eigenvalue weighted by molar-refractivity contribution is 5.89. The van der Waals surface area contributed by atoms with Crippen molar-refractivity contribution in [2.75, 3.05) is 16.8 Å². The van der Waals surface area contributed by atoms with Crippen molar-refractivity contribution in [1.82, 2.24) is 0 Å². The number of hydrogen-bond acceptors (Lipinski definition) is 3. The number of nitrogens with one attached hydrogen (secondary N) is 1. The molecule has 3 aromatic rings. The van der Waals surface area contributed by atoms with Crippen LogP contribution in [0.3, 0.4) is 0 Å². The van der Waals surface area contributed by atoms with Crippen LogP contribution in [0.2, 0.25) is 0 Å². The Morgan fingerprint density at radius 1 is 1.00 bits per heavy atom. The molecule has 3 nitrogen and oxygen atoms in total. The number of allylic oxidation sites excluding steroid dienone is 1. The molecule has 1 N–H and O–H groups in total. The van der Waals surface area contributed by atoms with Crippen molar-refractivity contribution in [1.29, 1.82) is 0 Å². The normalized spacial score (nSPS) is 14.9. The summed E-state index contributed by atoms with van der Waals surface area (Å²) in [7, 11) is 0. The topological polar surface area (TPSA) is 27.6 Å². The van der Waals surface area contributed by atoms with Crippen LogP contribution in [-0.2, 0) is 0 Å². The molecular formula is C28H30FN3. The van der Waals surface area contributed by atoms with Crippen molar-refractivity contribution in [3.05, 3.63) is 89.8 Å². The minimum absolute atomic E-state index is 0.134. The molecule has 1 aliphatic heterocycles. The lowest BCUT2D eigenvalue weighted by Crippen LogP contribution is -2.45. The average molecular weight is 428 g/mol. The van der Waals surface area contributed by atoms with Gasteiger partial charge in [-0.25, -0.2) is 4.39 Å². The quantitative estimate of drug-likeness (QED) is 0.408. The van der Waals surface area contributed by atoms with E-state index in [2.05, 4.69) is 49.0 Å². The predicted molar refractivity (Wildman–Crippen MR) is 135 cm³/mol. The van der Waals surface area contributed by atoms with E-state index < -0.39 is 0 Å². The van der Waals surface area contributed by atoms with Crippen LogP contribution in [0.5, 0.6) is 0 Å². The summed E-state index contributed by atoms with van der Waals surface area (Å²) in [6.45, 7) is 9.50. The lowest BCUT2D eigenvalue weighted by molar-refractivity contribution is 0.546. The Kier molecular flexibility index (Phi) is 6.13. The van der Waals surface area contributed by atoms with E-state index in [1.54, 1.807) is 12.3 Å². The van der Waals surface area contributed by atoms with E-state index in [0.29, 0.717) is 5.56 Å². The number of nitrogens with zero attached hydrogens (tertiary/aromatic N) is 2. The standard InChI is InChI=1S/C28H30FN3/c1-5-15-32-27-17-26(29)21(16-25(27)20(2)18-28(32,3)4)19-30-22-11-13-24(14-12-22)31-23-9-7-6-8-10-23/h6-14,16-19,31H,5,15H2,1-4H3. The highest BCUT2D eigenvalue weighted by Gasteiger charge is 2.31. The molecule has 0 amide bonds. The Balaban J connectivity index is 1.57. The number of aliphatic imine (C=N–C) groups is 1. The van der Waals surface area contributed by atoms with Crippen molar-refractivity contribution in [3.63, 3.8) is 0 Å². The van der Waals surface area contributed by atoms with Crippen molar-refractivity contribution < 1.29 is 4.39 Å². The van der Waals surface area contributed by atoms with Gasteiger partial charge < -0.3 is 10.2 Å². The van der Waals surface area contributed by atoms with Crippen molar-refractivity contribution in [2.45, 2.75) is 39.7 Å². The van der Waals surface area contributed by atoms with Crippen LogP contribution in [0.1, 0.15) is 45.2 Å². The summed E-state index contributed by atoms with van der Waals surface area (Å²) in [5, 5.41) is 3.35. The maximum Gasteiger partial charge on any atom is 0.134 e. The maximum absolute atomic E-state index is 15.0. The average Bonchev–Trinajstić information content (AvgIpc) is 2.77. The molecule has 0 saturated heterocycles. The van der Waals surface area contributed by atoms with Gasteiger partial charge in [-0.2, -0.15) is 0 Å². The third-order valence-corrected chi connectivity index (χ3v) is 5.83. The number of anilines is 3. The fourth-order valence-corrected chi connectivity index (χ4v) is 4.31. The van der Waals surface area contributed by atoms with E-state index in [-0.39, 0.29) is 11.4 Å². The third kappa shape index (κ3) is 4.59. The molecule has 32 heavy (non-hydrogen) atoms. The molecule has 0 radical (unpaired) electrons. The number of benzene rings is 3. The zero-order chi connectivity index (χ0) is 22.7. The molecule has 1 aliphatic rings. The van der Waals surface area contributed by atoms with E-state index in [4.69, 9.17) is 0 Å². The van der Waals surface area contributed by atoms with Gasteiger partial charge >= 0.3 is 0 Å². The number of fused-ring (bicyclic) bond motifs is 1. The van der Waals surface area contributed by atoms with Crippen LogP contribution >= 0.6 is 0 Å². The van der Waals surface area contributed by atoms with Gasteiger partial charge in [-0.1, -0.05) is 31.2 Å². The van der Waals surface area contributed by atoms with Gasteiger partial charge in [-0.3, -0.25) is 4.99 Å². The molecule has 0 saturated carbocycles. The number of rotatable bonds is 6. The molecular weight excluding hydrogens is 397 g/mol. The van der Waals surface area contributed by atoms with Gasteiger partial charge in [0.25, 0.3) is 0 Å². The monoisotopic (exact) mass is 427 g/mol. The first-order chi connectivity index (χ1) is 15.4. The lowest BCUT2D eigenvalue weighted by Gasteiger charge is -2.43. The molecule has 0 aliphatic carbocycles. The van der Waals surface area contributed by atoms with Gasteiger partial charge in [0.05, 0.1) is 11.2 Å². The molecule has 3 aromatic carbocycles. The van der Waals surface area contributed by atoms with Crippen LogP contribution in [0.4, 0.5) is 27.1 Å². The summed E-state index contributed by atoms with van der Waals surface area (Å²) in [5.74, 6) is -0.249. The van der Waals surface area contributed by atoms with Crippen molar-refractivity contribution in [2.24, 2.45) is 4.99 Å². The first-order valence-electron chi connectivity index (χ1n) is 11.1. The van der Waals surface area contributed by atoms with Crippen molar-refractivity contribution >= 4 is 34.5 Å². The zero-order valence-corrected chi connectivity index (χ0v) is 19.2. The van der Waals surface area contributed by atoms with Gasteiger partial charge in [0.1, 0.15) is 5.82 Å². The summed E-state index contributed by atoms with van der Waals surface area (Å²) in [6.07, 6.45) is 4.89. The van der Waals surface area contributed by atoms with Crippen LogP contribution in [0, 0.1) is 5.82 Å². The molecule has 0 bridgehead atoms. The van der Waals surface area contributed by atoms with Gasteiger partial charge in [-0.15, -0.1) is 0 Å². The molecule has 0 unspecified atom stereocenters. The maximum atomic E-state index is 15.0. The van der Waals surface area contributed by atoms with E-state index >= 15 is 4.39 Å². The van der Waals surface area contributed by atoms with Gasteiger partial charge in [0, 0.05) is 40.9 Å². The van der Waals surface area contributed by atoms with E-state index in [9.17, 15) is 0 Å². The molecule has 164 valence electrons. The van der Waals surface area contributed by atoms with Crippen LogP contribution in [-0.4, -0.2) is 18.3 Å². The smallest absolute Gasteiger partial charge is 0.134 e. The molecule has 4 heteroatoms. The Morgan fingerprint density at radius 2 is 1.69 bits per heavy atom. The first-order valence-corrected chi connectivity index (χ1v) is 11.1. The largest absolute Gasteiger partial charge is 0.362 e. The summed E-state index contributed by atoms with van der Waals surface area (Å²) in [4.78, 5) is 6.81. The third-order valence-electron chi connectivity index (χ3n) is 5.83. The molecule has 0 spiro atoms. The Bertz CT molecular complexity index is 1150. The number of para-hydroxylation sites is 1. The summed E-state index contributed by atoms with van der Waals surface area (Å²) in [5.41, 5.74) is 6.36. The zero-order valence-electron chi connectivity index (χ0n) is 19.2. The summed E-state index contributed by atoms with van der Waals surface area (Å²) in [6, 6.07) is 21.4. The Labute approximate surface area is 190 Å². The van der Waals surface area contributed by atoms with E-state index in [0.717, 1.165) is 41.3 Å². The SMILES string of the molecule is CCCN1c2cc(F)c(C=Nc3ccc(Nc4ccccc4)cc3)cc2C(C)=CC1(C)C. The fourth-order valence-electron chi connectivity index (χ4n) is 4.31. The molecule has 1 heterocycles. The number of halogens is 1. The number of hydrogen-bond donors (Lipinski definition) is 1. The molecule has 0 aromatic heterocycles. The molecule has 0 atom stereocenters. The highest BCUT2D eigenvalue weighted by Crippen LogP contribution is 2.40. The second-order valence-corrected chi connectivity index (χ2v) is 8.82. The molecule has 0 fully saturated rings. The fraction of sp³-hybridized carbons (Fsp3) is 0.250. The Morgan fingerprint density at radius 3 is 2.38 bits per heavy atom. The second-order valence-electron chi connectivity index (χ2n) is 8.82. The first kappa shape index (κ1) is 21.8. The van der Waals surface area contributed by atoms with Gasteiger partial charge in [0.15, 0.2) is 0 Å². The lowest BCUT2D eigenvalue weighted by atomic mass is 9.87. The Hall–Kier alpha value is -3.40. The van der Waals surface area contributed by atoms with E-state index in [1.165, 1.54) is 5.57 Å².